The zero-order chi connectivity index (χ0) is 44.8. The number of phosphoric ester groups is 1. The molecule has 6 unspecified atom stereocenters. The number of esters is 1. The van der Waals surface area contributed by atoms with Gasteiger partial charge in [0.05, 0.1) is 13.2 Å². The van der Waals surface area contributed by atoms with Crippen molar-refractivity contribution in [1.29, 1.82) is 0 Å². The highest BCUT2D eigenvalue weighted by atomic mass is 31.2. The van der Waals surface area contributed by atoms with E-state index in [9.17, 15) is 39.8 Å². The second-order valence-electron chi connectivity index (χ2n) is 16.6. The van der Waals surface area contributed by atoms with E-state index in [0.29, 0.717) is 13.0 Å². The van der Waals surface area contributed by atoms with E-state index >= 15 is 0 Å². The van der Waals surface area contributed by atoms with Crippen LogP contribution in [0, 0.1) is 0 Å². The number of rotatable bonds is 40. The van der Waals surface area contributed by atoms with Crippen molar-refractivity contribution < 1.29 is 58.3 Å². The molecule has 0 heterocycles. The molecule has 0 spiro atoms. The van der Waals surface area contributed by atoms with E-state index < -0.39 is 63.1 Å². The lowest BCUT2D eigenvalue weighted by Gasteiger charge is -2.41. The molecule has 61 heavy (non-hydrogen) atoms. The molecule has 1 aliphatic rings. The number of aliphatic hydroxyl groups is 5. The Bertz CT molecular complexity index is 1190. The van der Waals surface area contributed by atoms with Crippen molar-refractivity contribution in [1.82, 2.24) is 0 Å². The average Bonchev–Trinajstić information content (AvgIpc) is 3.24. The molecular weight excluding hydrogens is 799 g/mol. The van der Waals surface area contributed by atoms with Crippen molar-refractivity contribution in [2.75, 3.05) is 19.8 Å². The number of aliphatic hydroxyl groups excluding tert-OH is 5. The van der Waals surface area contributed by atoms with E-state index in [2.05, 4.69) is 62.5 Å². The zero-order valence-electron chi connectivity index (χ0n) is 38.0. The first kappa shape index (κ1) is 57.3. The molecule has 0 aliphatic heterocycles. The normalized spacial score (nSPS) is 22.6. The summed E-state index contributed by atoms with van der Waals surface area (Å²) in [4.78, 5) is 23.2. The summed E-state index contributed by atoms with van der Waals surface area (Å²) in [6.07, 6.45) is 34.6. The maximum atomic E-state index is 12.8. The Morgan fingerprint density at radius 2 is 0.918 bits per heavy atom. The summed E-state index contributed by atoms with van der Waals surface area (Å²) in [7, 11) is -5.03. The molecule has 1 fully saturated rings. The van der Waals surface area contributed by atoms with Crippen LogP contribution in [0.3, 0.4) is 0 Å². The van der Waals surface area contributed by atoms with Crippen LogP contribution in [0.5, 0.6) is 0 Å². The van der Waals surface area contributed by atoms with Crippen LogP contribution in [0.2, 0.25) is 0 Å². The van der Waals surface area contributed by atoms with Crippen molar-refractivity contribution in [3.8, 4) is 0 Å². The SMILES string of the molecule is CCCCC/C=C\C/C=C\CCCCCCCC(=O)OC(COCCCCCCCCCC/C=C\C/C=C\CCCCCC)COP(=O)(O)OC1C(O)C(O)C(O)C(O)C1O. The average molecular weight is 887 g/mol. The molecule has 0 saturated heterocycles. The Labute approximate surface area is 369 Å². The van der Waals surface area contributed by atoms with Gasteiger partial charge in [-0.1, -0.05) is 152 Å². The molecule has 6 atom stereocenters. The molecule has 1 aliphatic carbocycles. The maximum Gasteiger partial charge on any atom is 0.472 e. The predicted octanol–water partition coefficient (Wildman–Crippen LogP) is 10.0. The summed E-state index contributed by atoms with van der Waals surface area (Å²) >= 11 is 0. The van der Waals surface area contributed by atoms with Crippen molar-refractivity contribution in [2.45, 2.75) is 230 Å². The molecule has 1 rings (SSSR count). The molecule has 13 heteroatoms. The van der Waals surface area contributed by atoms with Gasteiger partial charge in [-0.3, -0.25) is 13.8 Å². The van der Waals surface area contributed by atoms with Gasteiger partial charge >= 0.3 is 13.8 Å². The molecule has 0 aromatic heterocycles. The van der Waals surface area contributed by atoms with Gasteiger partial charge in [-0.25, -0.2) is 4.57 Å². The number of hydrogen-bond donors (Lipinski definition) is 6. The number of ether oxygens (including phenoxy) is 2. The maximum absolute atomic E-state index is 12.8. The van der Waals surface area contributed by atoms with E-state index in [-0.39, 0.29) is 13.0 Å². The van der Waals surface area contributed by atoms with Crippen LogP contribution < -0.4 is 0 Å². The lowest BCUT2D eigenvalue weighted by molar-refractivity contribution is -0.220. The Kier molecular flexibility index (Phi) is 36.4. The van der Waals surface area contributed by atoms with Crippen LogP contribution in [0.4, 0.5) is 0 Å². The minimum absolute atomic E-state index is 0.0873. The molecule has 12 nitrogen and oxygen atoms in total. The van der Waals surface area contributed by atoms with E-state index in [4.69, 9.17) is 18.5 Å². The number of phosphoric acid groups is 1. The third-order valence-corrected chi connectivity index (χ3v) is 11.9. The molecule has 0 radical (unpaired) electrons. The van der Waals surface area contributed by atoms with E-state index in [1.165, 1.54) is 77.0 Å². The highest BCUT2D eigenvalue weighted by Gasteiger charge is 2.51. The van der Waals surface area contributed by atoms with Crippen LogP contribution >= 0.6 is 7.82 Å². The zero-order valence-corrected chi connectivity index (χ0v) is 38.8. The van der Waals surface area contributed by atoms with Crippen LogP contribution in [-0.2, 0) is 27.9 Å². The number of unbranched alkanes of at least 4 members (excludes halogenated alkanes) is 20. The van der Waals surface area contributed by atoms with Crippen molar-refractivity contribution in [2.24, 2.45) is 0 Å². The summed E-state index contributed by atoms with van der Waals surface area (Å²) < 4.78 is 34.2. The Hall–Kier alpha value is -1.70. The molecule has 1 saturated carbocycles. The fourth-order valence-electron chi connectivity index (χ4n) is 7.06. The van der Waals surface area contributed by atoms with Crippen LogP contribution in [0.15, 0.2) is 48.6 Å². The highest BCUT2D eigenvalue weighted by molar-refractivity contribution is 7.47. The van der Waals surface area contributed by atoms with E-state index in [1.54, 1.807) is 0 Å². The fourth-order valence-corrected chi connectivity index (χ4v) is 8.03. The van der Waals surface area contributed by atoms with Crippen molar-refractivity contribution in [3.05, 3.63) is 48.6 Å². The summed E-state index contributed by atoms with van der Waals surface area (Å²) in [6.45, 7) is 4.19. The first-order valence-electron chi connectivity index (χ1n) is 24.0. The van der Waals surface area contributed by atoms with E-state index in [1.807, 2.05) is 0 Å². The second kappa shape index (κ2) is 38.7. The fraction of sp³-hybridized carbons (Fsp3) is 0.812. The molecule has 0 amide bonds. The number of carbonyl (C=O) groups excluding carboxylic acids is 1. The van der Waals surface area contributed by atoms with Crippen molar-refractivity contribution in [3.63, 3.8) is 0 Å². The van der Waals surface area contributed by atoms with Gasteiger partial charge in [0.2, 0.25) is 0 Å². The van der Waals surface area contributed by atoms with Gasteiger partial charge in [-0.05, 0) is 77.0 Å². The molecular formula is C48H87O12P. The number of hydrogen-bond acceptors (Lipinski definition) is 11. The predicted molar refractivity (Wildman–Crippen MR) is 244 cm³/mol. The van der Waals surface area contributed by atoms with Gasteiger partial charge in [-0.2, -0.15) is 0 Å². The van der Waals surface area contributed by atoms with Crippen molar-refractivity contribution >= 4 is 13.8 Å². The summed E-state index contributed by atoms with van der Waals surface area (Å²) in [5.41, 5.74) is 0. The van der Waals surface area contributed by atoms with Gasteiger partial charge in [0.1, 0.15) is 42.7 Å². The van der Waals surface area contributed by atoms with Gasteiger partial charge in [-0.15, -0.1) is 0 Å². The minimum Gasteiger partial charge on any atom is -0.457 e. The quantitative estimate of drug-likeness (QED) is 0.0148. The largest absolute Gasteiger partial charge is 0.472 e. The first-order chi connectivity index (χ1) is 29.5. The van der Waals surface area contributed by atoms with Gasteiger partial charge in [0.15, 0.2) is 0 Å². The monoisotopic (exact) mass is 887 g/mol. The summed E-state index contributed by atoms with van der Waals surface area (Å²) in [5, 5.41) is 50.2. The van der Waals surface area contributed by atoms with E-state index in [0.717, 1.165) is 83.5 Å². The molecule has 6 N–H and O–H groups in total. The lowest BCUT2D eigenvalue weighted by Crippen LogP contribution is -2.64. The minimum atomic E-state index is -5.03. The second-order valence-corrected chi connectivity index (χ2v) is 18.0. The third kappa shape index (κ3) is 30.9. The summed E-state index contributed by atoms with van der Waals surface area (Å²) in [5.74, 6) is -0.494. The van der Waals surface area contributed by atoms with Gasteiger partial charge in [0, 0.05) is 13.0 Å². The Balaban J connectivity index is 2.39. The number of allylic oxidation sites excluding steroid dienone is 8. The Morgan fingerprint density at radius 1 is 0.525 bits per heavy atom. The Morgan fingerprint density at radius 3 is 1.41 bits per heavy atom. The lowest BCUT2D eigenvalue weighted by atomic mass is 9.85. The van der Waals surface area contributed by atoms with Crippen LogP contribution in [-0.4, -0.2) is 98.9 Å². The molecule has 0 aromatic rings. The molecule has 0 bridgehead atoms. The highest BCUT2D eigenvalue weighted by Crippen LogP contribution is 2.47. The molecule has 0 aromatic carbocycles. The summed E-state index contributed by atoms with van der Waals surface area (Å²) in [6, 6.07) is 0. The van der Waals surface area contributed by atoms with Gasteiger partial charge in [0.25, 0.3) is 0 Å². The molecule has 356 valence electrons. The standard InChI is InChI=1S/C48H87O12P/c1-3-5-7-9-11-13-15-17-19-20-21-22-24-26-28-30-32-34-36-38-57-39-41(40-58-61(55,56)60-48-46(53)44(51)43(50)45(52)47(48)54)59-42(49)37-35-33-31-29-27-25-23-18-16-14-12-10-8-6-4-2/h12-15,18-20,23,41,43-48,50-54H,3-11,16-17,21-22,24-40H2,1-2H3,(H,55,56)/b14-12-,15-13-,20-19-,23-18-. The smallest absolute Gasteiger partial charge is 0.457 e. The third-order valence-electron chi connectivity index (χ3n) is 10.9. The topological polar surface area (TPSA) is 192 Å². The van der Waals surface area contributed by atoms with Gasteiger partial charge < -0.3 is 39.9 Å². The number of carbonyl (C=O) groups is 1. The van der Waals surface area contributed by atoms with Crippen LogP contribution in [0.25, 0.3) is 0 Å². The first-order valence-corrected chi connectivity index (χ1v) is 25.5. The van der Waals surface area contributed by atoms with Crippen LogP contribution in [0.1, 0.15) is 187 Å².